The van der Waals surface area contributed by atoms with E-state index in [1.165, 1.54) is 0 Å². The van der Waals surface area contributed by atoms with E-state index in [9.17, 15) is 8.78 Å². The first-order chi connectivity index (χ1) is 7.31. The fourth-order valence-corrected chi connectivity index (χ4v) is 1.59. The first-order valence-electron chi connectivity index (χ1n) is 4.81. The van der Waals surface area contributed by atoms with Crippen LogP contribution in [0.2, 0.25) is 5.02 Å². The van der Waals surface area contributed by atoms with Gasteiger partial charge in [0, 0.05) is 23.6 Å². The molecular formula is C11H14ClF2NO. The Morgan fingerprint density at radius 1 is 1.38 bits per heavy atom. The van der Waals surface area contributed by atoms with Crippen molar-refractivity contribution in [1.82, 2.24) is 0 Å². The summed E-state index contributed by atoms with van der Waals surface area (Å²) in [6.07, 6.45) is 0. The molecule has 0 aromatic heterocycles. The van der Waals surface area contributed by atoms with Gasteiger partial charge >= 0.3 is 0 Å². The molecule has 1 atom stereocenters. The molecule has 0 aliphatic rings. The Kier molecular flexibility index (Phi) is 3.88. The molecule has 16 heavy (non-hydrogen) atoms. The highest BCUT2D eigenvalue weighted by molar-refractivity contribution is 6.31. The third-order valence-electron chi connectivity index (χ3n) is 2.64. The maximum atomic E-state index is 13.5. The Balaban J connectivity index is 3.28. The van der Waals surface area contributed by atoms with Crippen LogP contribution < -0.4 is 5.73 Å². The number of aliphatic hydroxyl groups is 1. The van der Waals surface area contributed by atoms with E-state index in [0.717, 1.165) is 12.1 Å². The molecule has 0 aliphatic heterocycles. The predicted molar refractivity (Wildman–Crippen MR) is 59.2 cm³/mol. The molecule has 0 amide bonds. The van der Waals surface area contributed by atoms with Crippen molar-refractivity contribution in [2.75, 3.05) is 6.61 Å². The third kappa shape index (κ3) is 2.34. The molecule has 1 aromatic carbocycles. The van der Waals surface area contributed by atoms with Gasteiger partial charge in [0.1, 0.15) is 11.6 Å². The fraction of sp³-hybridized carbons (Fsp3) is 0.455. The summed E-state index contributed by atoms with van der Waals surface area (Å²) in [5, 5.41) is 8.81. The van der Waals surface area contributed by atoms with E-state index < -0.39 is 23.1 Å². The second-order valence-electron chi connectivity index (χ2n) is 4.38. The molecule has 0 unspecified atom stereocenters. The molecule has 0 radical (unpaired) electrons. The second-order valence-corrected chi connectivity index (χ2v) is 4.76. The number of aliphatic hydroxyl groups excluding tert-OH is 1. The zero-order chi connectivity index (χ0) is 12.5. The van der Waals surface area contributed by atoms with Crippen LogP contribution >= 0.6 is 11.6 Å². The normalized spacial score (nSPS) is 13.9. The smallest absolute Gasteiger partial charge is 0.142 e. The van der Waals surface area contributed by atoms with E-state index in [1.54, 1.807) is 13.8 Å². The number of benzene rings is 1. The summed E-state index contributed by atoms with van der Waals surface area (Å²) in [5.41, 5.74) is 4.93. The van der Waals surface area contributed by atoms with Crippen molar-refractivity contribution < 1.29 is 13.9 Å². The molecule has 0 aliphatic carbocycles. The molecule has 0 spiro atoms. The van der Waals surface area contributed by atoms with E-state index in [4.69, 9.17) is 22.4 Å². The average Bonchev–Trinajstić information content (AvgIpc) is 2.24. The molecule has 90 valence electrons. The Bertz CT molecular complexity index is 396. The van der Waals surface area contributed by atoms with Gasteiger partial charge in [-0.1, -0.05) is 25.4 Å². The lowest BCUT2D eigenvalue weighted by molar-refractivity contribution is 0.130. The van der Waals surface area contributed by atoms with Crippen molar-refractivity contribution >= 4 is 11.6 Å². The van der Waals surface area contributed by atoms with Gasteiger partial charge in [-0.25, -0.2) is 8.78 Å². The molecule has 0 bridgehead atoms. The molecule has 5 heteroatoms. The Hall–Kier alpha value is -0.710. The number of hydrogen-bond acceptors (Lipinski definition) is 2. The van der Waals surface area contributed by atoms with Crippen LogP contribution in [0.3, 0.4) is 0 Å². The van der Waals surface area contributed by atoms with Gasteiger partial charge in [-0.3, -0.25) is 0 Å². The second kappa shape index (κ2) is 4.65. The fourth-order valence-electron chi connectivity index (χ4n) is 1.32. The van der Waals surface area contributed by atoms with Crippen molar-refractivity contribution in [2.45, 2.75) is 19.9 Å². The van der Waals surface area contributed by atoms with Crippen molar-refractivity contribution in [3.8, 4) is 0 Å². The molecule has 2 nitrogen and oxygen atoms in total. The van der Waals surface area contributed by atoms with Crippen LogP contribution in [0.25, 0.3) is 0 Å². The summed E-state index contributed by atoms with van der Waals surface area (Å²) in [4.78, 5) is 0. The topological polar surface area (TPSA) is 46.2 Å². The van der Waals surface area contributed by atoms with Crippen LogP contribution in [-0.2, 0) is 0 Å². The quantitative estimate of drug-likeness (QED) is 0.809. The molecule has 0 fully saturated rings. The minimum absolute atomic E-state index is 0.0966. The van der Waals surface area contributed by atoms with Crippen molar-refractivity contribution in [3.05, 3.63) is 34.4 Å². The highest BCUT2D eigenvalue weighted by Gasteiger charge is 2.31. The number of hydrogen-bond donors (Lipinski definition) is 2. The molecule has 1 rings (SSSR count). The predicted octanol–water partition coefficient (Wildman–Crippen LogP) is 2.64. The van der Waals surface area contributed by atoms with E-state index in [2.05, 4.69) is 0 Å². The number of nitrogens with two attached hydrogens (primary N) is 1. The highest BCUT2D eigenvalue weighted by atomic mass is 35.5. The van der Waals surface area contributed by atoms with Crippen LogP contribution in [0.5, 0.6) is 0 Å². The summed E-state index contributed by atoms with van der Waals surface area (Å²) >= 11 is 5.68. The molecule has 3 N–H and O–H groups in total. The summed E-state index contributed by atoms with van der Waals surface area (Å²) in [7, 11) is 0. The van der Waals surface area contributed by atoms with Crippen molar-refractivity contribution in [1.29, 1.82) is 0 Å². The highest BCUT2D eigenvalue weighted by Crippen LogP contribution is 2.36. The van der Waals surface area contributed by atoms with E-state index in [0.29, 0.717) is 0 Å². The molecule has 0 saturated heterocycles. The average molecular weight is 250 g/mol. The Morgan fingerprint density at radius 3 is 2.38 bits per heavy atom. The summed E-state index contributed by atoms with van der Waals surface area (Å²) < 4.78 is 26.7. The third-order valence-corrected chi connectivity index (χ3v) is 3.02. The van der Waals surface area contributed by atoms with Gasteiger partial charge in [0.15, 0.2) is 0 Å². The van der Waals surface area contributed by atoms with Crippen LogP contribution in [0.4, 0.5) is 8.78 Å². The summed E-state index contributed by atoms with van der Waals surface area (Å²) in [5.74, 6) is -1.39. The molecular weight excluding hydrogens is 236 g/mol. The molecule has 0 heterocycles. The summed E-state index contributed by atoms with van der Waals surface area (Å²) in [6.45, 7) is 3.05. The first-order valence-corrected chi connectivity index (χ1v) is 5.19. The van der Waals surface area contributed by atoms with E-state index in [1.807, 2.05) is 0 Å². The number of halogens is 3. The summed E-state index contributed by atoms with van der Waals surface area (Å²) in [6, 6.07) is 1.05. The van der Waals surface area contributed by atoms with Crippen LogP contribution in [-0.4, -0.2) is 11.7 Å². The minimum atomic E-state index is -0.874. The van der Waals surface area contributed by atoms with E-state index in [-0.39, 0.29) is 17.2 Å². The van der Waals surface area contributed by atoms with Gasteiger partial charge in [0.2, 0.25) is 0 Å². The largest absolute Gasteiger partial charge is 0.396 e. The maximum absolute atomic E-state index is 13.5. The number of rotatable bonds is 3. The van der Waals surface area contributed by atoms with Gasteiger partial charge in [0.25, 0.3) is 0 Å². The van der Waals surface area contributed by atoms with E-state index >= 15 is 0 Å². The van der Waals surface area contributed by atoms with Gasteiger partial charge in [-0.05, 0) is 12.1 Å². The van der Waals surface area contributed by atoms with Gasteiger partial charge in [-0.2, -0.15) is 0 Å². The zero-order valence-corrected chi connectivity index (χ0v) is 9.85. The van der Waals surface area contributed by atoms with Gasteiger partial charge in [-0.15, -0.1) is 0 Å². The van der Waals surface area contributed by atoms with Crippen LogP contribution in [0.15, 0.2) is 12.1 Å². The lowest BCUT2D eigenvalue weighted by Gasteiger charge is -2.30. The monoisotopic (exact) mass is 249 g/mol. The Morgan fingerprint density at radius 2 is 1.88 bits per heavy atom. The lowest BCUT2D eigenvalue weighted by atomic mass is 9.81. The Labute approximate surface area is 98.0 Å². The standard InChI is InChI=1S/C11H14ClF2NO/c1-11(2,5-16)10(15)8-6(13)3-4-7(14)9(8)12/h3-4,10,16H,5,15H2,1-2H3/t10-/m1/s1. The van der Waals surface area contributed by atoms with Crippen LogP contribution in [0, 0.1) is 17.0 Å². The maximum Gasteiger partial charge on any atom is 0.142 e. The van der Waals surface area contributed by atoms with Gasteiger partial charge < -0.3 is 10.8 Å². The molecule has 0 saturated carbocycles. The molecule has 1 aromatic rings. The van der Waals surface area contributed by atoms with Crippen molar-refractivity contribution in [3.63, 3.8) is 0 Å². The lowest BCUT2D eigenvalue weighted by Crippen LogP contribution is -2.33. The first kappa shape index (κ1) is 13.4. The van der Waals surface area contributed by atoms with Gasteiger partial charge in [0.05, 0.1) is 5.02 Å². The van der Waals surface area contributed by atoms with Crippen LogP contribution in [0.1, 0.15) is 25.5 Å². The SMILES string of the molecule is CC(C)(CO)[C@H](N)c1c(F)ccc(F)c1Cl. The minimum Gasteiger partial charge on any atom is -0.396 e. The zero-order valence-electron chi connectivity index (χ0n) is 9.10. The van der Waals surface area contributed by atoms with Crippen molar-refractivity contribution in [2.24, 2.45) is 11.1 Å².